The summed E-state index contributed by atoms with van der Waals surface area (Å²) in [7, 11) is -2.00. The largest absolute Gasteiger partial charge is 0.276 e. The van der Waals surface area contributed by atoms with Crippen molar-refractivity contribution in [3.05, 3.63) is 47.8 Å². The molecule has 1 aromatic carbocycles. The molecule has 1 heterocycles. The molecule has 1 saturated carbocycles. The number of sulfonamides is 1. The highest BCUT2D eigenvalue weighted by Gasteiger charge is 2.45. The molecule has 1 N–H and O–H groups in total. The van der Waals surface area contributed by atoms with Crippen molar-refractivity contribution in [2.24, 2.45) is 13.0 Å². The molecule has 1 aromatic heterocycles. The summed E-state index contributed by atoms with van der Waals surface area (Å²) in [4.78, 5) is 12.4. The molecule has 1 fully saturated rings. The van der Waals surface area contributed by atoms with Crippen LogP contribution in [0.25, 0.3) is 0 Å². The van der Waals surface area contributed by atoms with Gasteiger partial charge in [0.15, 0.2) is 0 Å². The zero-order valence-corrected chi connectivity index (χ0v) is 14.6. The number of benzene rings is 1. The molecule has 0 spiro atoms. The van der Waals surface area contributed by atoms with Crippen LogP contribution in [-0.2, 0) is 28.3 Å². The van der Waals surface area contributed by atoms with E-state index in [9.17, 15) is 13.2 Å². The van der Waals surface area contributed by atoms with Crippen LogP contribution in [0.15, 0.2) is 41.6 Å². The Morgan fingerprint density at radius 1 is 1.33 bits per heavy atom. The number of amides is 1. The van der Waals surface area contributed by atoms with Crippen LogP contribution in [0.5, 0.6) is 0 Å². The molecule has 1 aliphatic rings. The normalized spacial score (nSPS) is 19.9. The molecule has 0 saturated heterocycles. The summed E-state index contributed by atoms with van der Waals surface area (Å²) >= 11 is 0. The highest BCUT2D eigenvalue weighted by atomic mass is 32.2. The van der Waals surface area contributed by atoms with Gasteiger partial charge in [-0.3, -0.25) is 9.48 Å². The summed E-state index contributed by atoms with van der Waals surface area (Å²) in [5.41, 5.74) is 2.06. The number of hydrogen-bond donors (Lipinski definition) is 1. The summed E-state index contributed by atoms with van der Waals surface area (Å²) < 4.78 is 28.6. The third kappa shape index (κ3) is 3.51. The van der Waals surface area contributed by atoms with Gasteiger partial charge < -0.3 is 0 Å². The summed E-state index contributed by atoms with van der Waals surface area (Å²) in [6.07, 6.45) is 6.14. The van der Waals surface area contributed by atoms with Gasteiger partial charge in [-0.1, -0.05) is 25.5 Å². The first-order valence-corrected chi connectivity index (χ1v) is 9.53. The van der Waals surface area contributed by atoms with Crippen molar-refractivity contribution in [1.82, 2.24) is 14.5 Å². The molecule has 0 aliphatic heterocycles. The lowest BCUT2D eigenvalue weighted by Crippen LogP contribution is -2.32. The molecular weight excluding hydrogens is 326 g/mol. The maximum Gasteiger partial charge on any atom is 0.264 e. The van der Waals surface area contributed by atoms with Crippen LogP contribution in [0.2, 0.25) is 0 Å². The minimum absolute atomic E-state index is 0.0563. The molecule has 0 radical (unpaired) electrons. The second-order valence-corrected chi connectivity index (χ2v) is 7.94. The molecule has 24 heavy (non-hydrogen) atoms. The predicted molar refractivity (Wildman–Crippen MR) is 89.8 cm³/mol. The standard InChI is InChI=1S/C17H21N3O3S/c1-3-4-12-5-7-14(8-6-12)24(22,23)19-17(21)16-9-15(16)13-10-18-20(2)11-13/h5-8,10-11,15-16H,3-4,9H2,1-2H3,(H,19,21)/t15-,16-/m1/s1. The van der Waals surface area contributed by atoms with Crippen molar-refractivity contribution in [2.45, 2.75) is 37.0 Å². The van der Waals surface area contributed by atoms with E-state index in [1.54, 1.807) is 35.1 Å². The van der Waals surface area contributed by atoms with E-state index in [0.717, 1.165) is 24.0 Å². The Morgan fingerprint density at radius 2 is 2.04 bits per heavy atom. The third-order valence-corrected chi connectivity index (χ3v) is 5.65. The number of rotatable bonds is 6. The quantitative estimate of drug-likeness (QED) is 0.866. The molecule has 1 aliphatic carbocycles. The van der Waals surface area contributed by atoms with E-state index in [1.165, 1.54) is 0 Å². The van der Waals surface area contributed by atoms with Gasteiger partial charge in [-0.15, -0.1) is 0 Å². The first kappa shape index (κ1) is 16.7. The van der Waals surface area contributed by atoms with Gasteiger partial charge in [0.2, 0.25) is 5.91 Å². The zero-order valence-electron chi connectivity index (χ0n) is 13.8. The van der Waals surface area contributed by atoms with Gasteiger partial charge in [0.25, 0.3) is 10.0 Å². The van der Waals surface area contributed by atoms with Gasteiger partial charge in [-0.05, 0) is 42.0 Å². The molecule has 2 atom stereocenters. The van der Waals surface area contributed by atoms with Crippen LogP contribution in [0, 0.1) is 5.92 Å². The van der Waals surface area contributed by atoms with Crippen LogP contribution in [0.3, 0.4) is 0 Å². The average Bonchev–Trinajstić information content (AvgIpc) is 3.23. The second-order valence-electron chi connectivity index (χ2n) is 6.26. The molecule has 2 aromatic rings. The maximum atomic E-state index is 12.3. The fraction of sp³-hybridized carbons (Fsp3) is 0.412. The first-order chi connectivity index (χ1) is 11.4. The predicted octanol–water partition coefficient (Wildman–Crippen LogP) is 1.98. The molecule has 0 unspecified atom stereocenters. The third-order valence-electron chi connectivity index (χ3n) is 4.29. The summed E-state index contributed by atoms with van der Waals surface area (Å²) in [6.45, 7) is 2.07. The lowest BCUT2D eigenvalue weighted by Gasteiger charge is -2.07. The SMILES string of the molecule is CCCc1ccc(S(=O)(=O)NC(=O)[C@@H]2C[C@@H]2c2cnn(C)c2)cc1. The second kappa shape index (κ2) is 6.39. The van der Waals surface area contributed by atoms with Crippen LogP contribution in [0.4, 0.5) is 0 Å². The highest BCUT2D eigenvalue weighted by molar-refractivity contribution is 7.90. The number of hydrogen-bond acceptors (Lipinski definition) is 4. The van der Waals surface area contributed by atoms with E-state index in [4.69, 9.17) is 0 Å². The average molecular weight is 347 g/mol. The van der Waals surface area contributed by atoms with Gasteiger partial charge in [0.1, 0.15) is 0 Å². The van der Waals surface area contributed by atoms with Gasteiger partial charge in [0.05, 0.1) is 11.1 Å². The fourth-order valence-corrected chi connectivity index (χ4v) is 3.90. The molecular formula is C17H21N3O3S. The maximum absolute atomic E-state index is 12.3. The van der Waals surface area contributed by atoms with Gasteiger partial charge >= 0.3 is 0 Å². The Morgan fingerprint density at radius 3 is 2.62 bits per heavy atom. The van der Waals surface area contributed by atoms with Crippen molar-refractivity contribution in [3.8, 4) is 0 Å². The van der Waals surface area contributed by atoms with E-state index in [0.29, 0.717) is 6.42 Å². The number of carbonyl (C=O) groups excluding carboxylic acids is 1. The Bertz CT molecular complexity index is 840. The number of nitrogens with one attached hydrogen (secondary N) is 1. The summed E-state index contributed by atoms with van der Waals surface area (Å²) in [5.74, 6) is -0.689. The Hall–Kier alpha value is -2.15. The van der Waals surface area contributed by atoms with Crippen LogP contribution in [0.1, 0.15) is 36.8 Å². The highest BCUT2D eigenvalue weighted by Crippen LogP contribution is 2.47. The molecule has 128 valence electrons. The van der Waals surface area contributed by atoms with E-state index in [-0.39, 0.29) is 16.7 Å². The van der Waals surface area contributed by atoms with E-state index < -0.39 is 15.9 Å². The monoisotopic (exact) mass is 347 g/mol. The van der Waals surface area contributed by atoms with Crippen LogP contribution < -0.4 is 4.72 Å². The summed E-state index contributed by atoms with van der Waals surface area (Å²) in [5, 5.41) is 4.08. The Kier molecular flexibility index (Phi) is 4.45. The first-order valence-electron chi connectivity index (χ1n) is 8.05. The van der Waals surface area contributed by atoms with Crippen LogP contribution >= 0.6 is 0 Å². The van der Waals surface area contributed by atoms with Crippen LogP contribution in [-0.4, -0.2) is 24.1 Å². The van der Waals surface area contributed by atoms with Gasteiger partial charge in [-0.25, -0.2) is 13.1 Å². The summed E-state index contributed by atoms with van der Waals surface area (Å²) in [6, 6.07) is 6.68. The molecule has 7 heteroatoms. The molecule has 1 amide bonds. The molecule has 0 bridgehead atoms. The number of aryl methyl sites for hydroxylation is 2. The van der Waals surface area contributed by atoms with Crippen molar-refractivity contribution in [3.63, 3.8) is 0 Å². The lowest BCUT2D eigenvalue weighted by atomic mass is 10.1. The van der Waals surface area contributed by atoms with Crippen molar-refractivity contribution in [2.75, 3.05) is 0 Å². The number of aromatic nitrogens is 2. The van der Waals surface area contributed by atoms with Crippen molar-refractivity contribution in [1.29, 1.82) is 0 Å². The van der Waals surface area contributed by atoms with Crippen molar-refractivity contribution < 1.29 is 13.2 Å². The van der Waals surface area contributed by atoms with E-state index in [1.807, 2.05) is 13.2 Å². The minimum Gasteiger partial charge on any atom is -0.276 e. The van der Waals surface area contributed by atoms with Crippen molar-refractivity contribution >= 4 is 15.9 Å². The molecule has 3 rings (SSSR count). The molecule has 6 nitrogen and oxygen atoms in total. The van der Waals surface area contributed by atoms with Gasteiger partial charge in [-0.2, -0.15) is 5.10 Å². The Balaban J connectivity index is 1.65. The Labute approximate surface area is 141 Å². The number of carbonyl (C=O) groups is 1. The topological polar surface area (TPSA) is 81.1 Å². The van der Waals surface area contributed by atoms with Gasteiger partial charge in [0, 0.05) is 19.2 Å². The van der Waals surface area contributed by atoms with E-state index in [2.05, 4.69) is 16.7 Å². The fourth-order valence-electron chi connectivity index (χ4n) is 2.88. The smallest absolute Gasteiger partial charge is 0.264 e. The number of nitrogens with zero attached hydrogens (tertiary/aromatic N) is 2. The lowest BCUT2D eigenvalue weighted by molar-refractivity contribution is -0.120. The van der Waals surface area contributed by atoms with E-state index >= 15 is 0 Å². The zero-order chi connectivity index (χ0) is 17.3. The minimum atomic E-state index is -3.82.